The first kappa shape index (κ1) is 23.6. The number of aromatic nitrogens is 1. The lowest BCUT2D eigenvalue weighted by atomic mass is 10.2. The first-order chi connectivity index (χ1) is 16.2. The fraction of sp³-hybridized carbons (Fsp3) is 0.0870. The lowest BCUT2D eigenvalue weighted by Crippen LogP contribution is -2.36. The van der Waals surface area contributed by atoms with Crippen molar-refractivity contribution in [2.75, 3.05) is 10.8 Å². The molecule has 0 radical (unpaired) electrons. The van der Waals surface area contributed by atoms with Crippen LogP contribution in [0.15, 0.2) is 86.3 Å². The minimum atomic E-state index is -4.30. The predicted molar refractivity (Wildman–Crippen MR) is 129 cm³/mol. The number of aryl methyl sites for hydroxylation is 1. The summed E-state index contributed by atoms with van der Waals surface area (Å²) < 4.78 is 42.6. The molecule has 11 heteroatoms. The lowest BCUT2D eigenvalue weighted by molar-refractivity contribution is -0.116. The van der Waals surface area contributed by atoms with Crippen molar-refractivity contribution < 1.29 is 22.7 Å². The van der Waals surface area contributed by atoms with Gasteiger partial charge in [-0.15, -0.1) is 10.2 Å². The fourth-order valence-corrected chi connectivity index (χ4v) is 5.07. The second kappa shape index (κ2) is 9.35. The van der Waals surface area contributed by atoms with E-state index < -0.39 is 28.3 Å². The van der Waals surface area contributed by atoms with Gasteiger partial charge in [0, 0.05) is 9.86 Å². The third kappa shape index (κ3) is 4.70. The highest BCUT2D eigenvalue weighted by Crippen LogP contribution is 2.37. The average molecular weight is 545 g/mol. The molecule has 0 aliphatic rings. The summed E-state index contributed by atoms with van der Waals surface area (Å²) in [6.07, 6.45) is 0. The first-order valence-electron chi connectivity index (χ1n) is 9.95. The Hall–Kier alpha value is -3.57. The first-order valence-corrected chi connectivity index (χ1v) is 12.2. The number of aromatic amines is 1. The number of fused-ring (bicyclic) bond motifs is 1. The Balaban J connectivity index is 1.69. The summed E-state index contributed by atoms with van der Waals surface area (Å²) in [7, 11) is -4.30. The van der Waals surface area contributed by atoms with Gasteiger partial charge in [-0.2, -0.15) is 0 Å². The van der Waals surface area contributed by atoms with Crippen LogP contribution < -0.4 is 4.31 Å². The summed E-state index contributed by atoms with van der Waals surface area (Å²) >= 11 is 3.33. The number of H-pyrrole nitrogens is 1. The molecule has 1 heterocycles. The van der Waals surface area contributed by atoms with Crippen molar-refractivity contribution in [2.45, 2.75) is 11.8 Å². The van der Waals surface area contributed by atoms with E-state index in [0.29, 0.717) is 15.2 Å². The van der Waals surface area contributed by atoms with Crippen molar-refractivity contribution in [1.29, 1.82) is 0 Å². The minimum Gasteiger partial charge on any atom is -0.493 e. The second-order valence-electron chi connectivity index (χ2n) is 7.38. The maximum Gasteiger partial charge on any atom is 0.285 e. The molecular weight excluding hydrogens is 527 g/mol. The van der Waals surface area contributed by atoms with Gasteiger partial charge in [0.1, 0.15) is 12.4 Å². The number of aromatic hydroxyl groups is 1. The molecule has 1 aromatic heterocycles. The number of carbonyl (C=O) groups excluding carboxylic acids is 1. The SMILES string of the molecule is Cc1ccc(S(=O)(=O)N(CC(=O)N=Nc2c(O)[nH]c3ccc(Br)cc23)c2ccccc2F)cc1. The van der Waals surface area contributed by atoms with Gasteiger partial charge in [-0.05, 0) is 49.4 Å². The third-order valence-corrected chi connectivity index (χ3v) is 7.25. The zero-order valence-electron chi connectivity index (χ0n) is 17.7. The van der Waals surface area contributed by atoms with Gasteiger partial charge >= 0.3 is 0 Å². The molecule has 1 amide bonds. The maximum absolute atomic E-state index is 14.6. The van der Waals surface area contributed by atoms with E-state index in [4.69, 9.17) is 0 Å². The predicted octanol–water partition coefficient (Wildman–Crippen LogP) is 5.59. The van der Waals surface area contributed by atoms with Crippen LogP contribution in [0.2, 0.25) is 0 Å². The van der Waals surface area contributed by atoms with Crippen LogP contribution in [0.3, 0.4) is 0 Å². The largest absolute Gasteiger partial charge is 0.493 e. The van der Waals surface area contributed by atoms with Gasteiger partial charge in [0.2, 0.25) is 5.88 Å². The standard InChI is InChI=1S/C23H18BrFN4O4S/c1-14-6-9-16(10-7-14)34(32,33)29(20-5-3-2-4-18(20)25)13-21(30)27-28-22-17-12-15(24)8-11-19(17)26-23(22)31/h2-12,26,31H,13H2,1H3. The molecular formula is C23H18BrFN4O4S. The number of nitrogens with one attached hydrogen (secondary N) is 1. The number of hydrogen-bond donors (Lipinski definition) is 2. The molecule has 0 saturated heterocycles. The van der Waals surface area contributed by atoms with Gasteiger partial charge in [-0.1, -0.05) is 45.8 Å². The smallest absolute Gasteiger partial charge is 0.285 e. The van der Waals surface area contributed by atoms with Crippen molar-refractivity contribution in [2.24, 2.45) is 10.2 Å². The van der Waals surface area contributed by atoms with E-state index in [1.54, 1.807) is 37.3 Å². The molecule has 0 saturated carbocycles. The van der Waals surface area contributed by atoms with Crippen LogP contribution in [0.4, 0.5) is 15.8 Å². The van der Waals surface area contributed by atoms with E-state index in [2.05, 4.69) is 31.1 Å². The van der Waals surface area contributed by atoms with Crippen molar-refractivity contribution in [3.63, 3.8) is 0 Å². The highest BCUT2D eigenvalue weighted by Gasteiger charge is 2.29. The van der Waals surface area contributed by atoms with Crippen LogP contribution in [0.5, 0.6) is 5.88 Å². The number of nitrogens with zero attached hydrogens (tertiary/aromatic N) is 3. The number of carbonyl (C=O) groups is 1. The fourth-order valence-electron chi connectivity index (χ4n) is 3.29. The van der Waals surface area contributed by atoms with Gasteiger partial charge in [-0.25, -0.2) is 12.8 Å². The Morgan fingerprint density at radius 3 is 2.53 bits per heavy atom. The Kier molecular flexibility index (Phi) is 6.49. The maximum atomic E-state index is 14.6. The Morgan fingerprint density at radius 1 is 1.12 bits per heavy atom. The molecule has 0 unspecified atom stereocenters. The van der Waals surface area contributed by atoms with Crippen molar-refractivity contribution in [1.82, 2.24) is 4.98 Å². The molecule has 0 aliphatic heterocycles. The molecule has 0 bridgehead atoms. The summed E-state index contributed by atoms with van der Waals surface area (Å²) in [5, 5.41) is 18.1. The quantitative estimate of drug-likeness (QED) is 0.308. The van der Waals surface area contributed by atoms with E-state index in [1.807, 2.05) is 0 Å². The number of halogens is 2. The highest BCUT2D eigenvalue weighted by molar-refractivity contribution is 9.10. The minimum absolute atomic E-state index is 0.0171. The lowest BCUT2D eigenvalue weighted by Gasteiger charge is -2.23. The van der Waals surface area contributed by atoms with E-state index in [1.165, 1.54) is 30.3 Å². The van der Waals surface area contributed by atoms with Crippen molar-refractivity contribution >= 4 is 54.1 Å². The van der Waals surface area contributed by atoms with Gasteiger partial charge in [-0.3, -0.25) is 9.10 Å². The molecule has 174 valence electrons. The number of azo groups is 1. The second-order valence-corrected chi connectivity index (χ2v) is 10.2. The van der Waals surface area contributed by atoms with E-state index in [9.17, 15) is 22.7 Å². The van der Waals surface area contributed by atoms with E-state index in [-0.39, 0.29) is 22.2 Å². The Morgan fingerprint density at radius 2 is 1.82 bits per heavy atom. The summed E-state index contributed by atoms with van der Waals surface area (Å²) in [6.45, 7) is 1.00. The molecule has 0 atom stereocenters. The van der Waals surface area contributed by atoms with Crippen LogP contribution in [-0.2, 0) is 14.8 Å². The zero-order valence-corrected chi connectivity index (χ0v) is 20.1. The number of hydrogen-bond acceptors (Lipinski definition) is 5. The monoisotopic (exact) mass is 544 g/mol. The number of para-hydroxylation sites is 1. The number of anilines is 1. The van der Waals surface area contributed by atoms with Crippen LogP contribution in [0.1, 0.15) is 5.56 Å². The summed E-state index contributed by atoms with van der Waals surface area (Å²) in [4.78, 5) is 15.3. The zero-order chi connectivity index (χ0) is 24.5. The van der Waals surface area contributed by atoms with Crippen LogP contribution in [-0.4, -0.2) is 31.0 Å². The molecule has 0 fully saturated rings. The Bertz CT molecular complexity index is 1520. The topological polar surface area (TPSA) is 115 Å². The number of benzene rings is 3. The molecule has 0 aliphatic carbocycles. The van der Waals surface area contributed by atoms with Crippen molar-refractivity contribution in [3.05, 3.63) is 82.6 Å². The normalized spacial score (nSPS) is 11.9. The van der Waals surface area contributed by atoms with Crippen molar-refractivity contribution in [3.8, 4) is 5.88 Å². The third-order valence-electron chi connectivity index (χ3n) is 4.98. The van der Waals surface area contributed by atoms with Gasteiger partial charge in [0.25, 0.3) is 15.9 Å². The van der Waals surface area contributed by atoms with E-state index in [0.717, 1.165) is 16.1 Å². The van der Waals surface area contributed by atoms with Gasteiger partial charge in [0.15, 0.2) is 5.69 Å². The molecule has 8 nitrogen and oxygen atoms in total. The molecule has 2 N–H and O–H groups in total. The molecule has 4 rings (SSSR count). The summed E-state index contributed by atoms with van der Waals surface area (Å²) in [6, 6.07) is 16.3. The van der Waals surface area contributed by atoms with Crippen LogP contribution in [0, 0.1) is 12.7 Å². The number of sulfonamides is 1. The molecule has 3 aromatic carbocycles. The van der Waals surface area contributed by atoms with Crippen LogP contribution >= 0.6 is 15.9 Å². The molecule has 4 aromatic rings. The molecule has 34 heavy (non-hydrogen) atoms. The van der Waals surface area contributed by atoms with E-state index >= 15 is 0 Å². The summed E-state index contributed by atoms with van der Waals surface area (Å²) in [5.74, 6) is -2.08. The number of rotatable bonds is 6. The number of amides is 1. The average Bonchev–Trinajstić information content (AvgIpc) is 3.11. The molecule has 0 spiro atoms. The highest BCUT2D eigenvalue weighted by atomic mass is 79.9. The van der Waals surface area contributed by atoms with Gasteiger partial charge < -0.3 is 10.1 Å². The van der Waals surface area contributed by atoms with Crippen LogP contribution in [0.25, 0.3) is 10.9 Å². The summed E-state index contributed by atoms with van der Waals surface area (Å²) in [5.41, 5.74) is 1.12. The Labute approximate surface area is 202 Å². The van der Waals surface area contributed by atoms with Gasteiger partial charge in [0.05, 0.1) is 16.1 Å².